The Kier molecular flexibility index (Phi) is 1.43. The first kappa shape index (κ1) is 8.01. The maximum Gasteiger partial charge on any atom is 0.130 e. The number of thiophene rings is 1. The van der Waals surface area contributed by atoms with E-state index < -0.39 is 0 Å². The molecule has 4 rings (SSSR count). The van der Waals surface area contributed by atoms with Crippen LogP contribution in [0.3, 0.4) is 0 Å². The summed E-state index contributed by atoms with van der Waals surface area (Å²) in [5, 5.41) is 17.6. The van der Waals surface area contributed by atoms with Gasteiger partial charge in [-0.25, -0.2) is 0 Å². The van der Waals surface area contributed by atoms with Gasteiger partial charge in [-0.2, -0.15) is 0 Å². The smallest absolute Gasteiger partial charge is 0.130 e. The summed E-state index contributed by atoms with van der Waals surface area (Å²) in [7, 11) is 0. The molecule has 0 radical (unpaired) electrons. The molecule has 1 aromatic heterocycles. The Morgan fingerprint density at radius 1 is 1.33 bits per heavy atom. The summed E-state index contributed by atoms with van der Waals surface area (Å²) in [6, 6.07) is 2.11. The van der Waals surface area contributed by atoms with Crippen molar-refractivity contribution in [3.8, 4) is 0 Å². The molecule has 72 valence electrons. The Labute approximate surface area is 93.2 Å². The van der Waals surface area contributed by atoms with Crippen molar-refractivity contribution in [2.75, 3.05) is 5.75 Å². The molecule has 0 atom stereocenters. The molecule has 0 saturated heterocycles. The van der Waals surface area contributed by atoms with Crippen LogP contribution in [0.15, 0.2) is 31.8 Å². The molecule has 15 heavy (non-hydrogen) atoms. The molecular formula is C10H5N3S2. The van der Waals surface area contributed by atoms with E-state index in [2.05, 4.69) is 33.0 Å². The van der Waals surface area contributed by atoms with E-state index in [0.29, 0.717) is 0 Å². The topological polar surface area (TPSA) is 37.1 Å². The number of nitrogens with zero attached hydrogens (tertiary/aromatic N) is 3. The zero-order valence-corrected chi connectivity index (χ0v) is 9.23. The summed E-state index contributed by atoms with van der Waals surface area (Å²) in [5.74, 6) is 1.04. The van der Waals surface area contributed by atoms with Crippen molar-refractivity contribution < 1.29 is 0 Å². The van der Waals surface area contributed by atoms with Gasteiger partial charge in [0.2, 0.25) is 0 Å². The highest BCUT2D eigenvalue weighted by Gasteiger charge is 2.19. The standard InChI is InChI=1S/C10H5N3S2/c1-3-14-9-5(1)7-8(12-13-11-7)10-6(9)2-4-15-10/h1-3H,4H2. The van der Waals surface area contributed by atoms with E-state index in [1.807, 2.05) is 11.8 Å². The van der Waals surface area contributed by atoms with Crippen molar-refractivity contribution in [2.24, 2.45) is 15.4 Å². The Morgan fingerprint density at radius 2 is 2.33 bits per heavy atom. The lowest BCUT2D eigenvalue weighted by molar-refractivity contribution is 1.08. The Balaban J connectivity index is 2.43. The average molecular weight is 231 g/mol. The van der Waals surface area contributed by atoms with Crippen molar-refractivity contribution >= 4 is 44.9 Å². The summed E-state index contributed by atoms with van der Waals surface area (Å²) >= 11 is 3.60. The van der Waals surface area contributed by atoms with Gasteiger partial charge in [0, 0.05) is 26.0 Å². The second-order valence-electron chi connectivity index (χ2n) is 3.41. The molecule has 3 nitrogen and oxygen atoms in total. The van der Waals surface area contributed by atoms with E-state index in [1.54, 1.807) is 11.3 Å². The number of rotatable bonds is 0. The van der Waals surface area contributed by atoms with E-state index >= 15 is 0 Å². The van der Waals surface area contributed by atoms with E-state index in [0.717, 1.165) is 16.8 Å². The fourth-order valence-electron chi connectivity index (χ4n) is 2.02. The van der Waals surface area contributed by atoms with Crippen LogP contribution in [-0.2, 0) is 0 Å². The van der Waals surface area contributed by atoms with Crippen molar-refractivity contribution in [1.82, 2.24) is 0 Å². The van der Waals surface area contributed by atoms with Gasteiger partial charge in [0.05, 0.1) is 0 Å². The van der Waals surface area contributed by atoms with Crippen LogP contribution in [0.4, 0.5) is 5.69 Å². The zero-order valence-electron chi connectivity index (χ0n) is 7.60. The number of benzene rings is 1. The van der Waals surface area contributed by atoms with Gasteiger partial charge in [-0.1, -0.05) is 6.08 Å². The second-order valence-corrected chi connectivity index (χ2v) is 5.35. The van der Waals surface area contributed by atoms with Gasteiger partial charge in [-0.05, 0) is 16.7 Å². The fraction of sp³-hybridized carbons (Fsp3) is 0.100. The molecule has 0 amide bonds. The predicted octanol–water partition coefficient (Wildman–Crippen LogP) is 2.42. The van der Waals surface area contributed by atoms with Gasteiger partial charge in [0.1, 0.15) is 11.0 Å². The van der Waals surface area contributed by atoms with Crippen LogP contribution in [0.1, 0.15) is 0 Å². The summed E-state index contributed by atoms with van der Waals surface area (Å²) in [5.41, 5.74) is 0.967. The molecule has 0 spiro atoms. The van der Waals surface area contributed by atoms with E-state index in [9.17, 15) is 0 Å². The summed E-state index contributed by atoms with van der Waals surface area (Å²) in [6.07, 6.45) is 2.27. The van der Waals surface area contributed by atoms with Crippen LogP contribution < -0.4 is 10.6 Å². The Hall–Kier alpha value is -1.20. The maximum atomic E-state index is 4.12. The highest BCUT2D eigenvalue weighted by atomic mass is 32.2. The molecule has 1 aromatic carbocycles. The van der Waals surface area contributed by atoms with Crippen LogP contribution in [-0.4, -0.2) is 5.75 Å². The molecule has 0 bridgehead atoms. The van der Waals surface area contributed by atoms with E-state index in [1.165, 1.54) is 20.2 Å². The first-order valence-corrected chi connectivity index (χ1v) is 6.46. The largest absolute Gasteiger partial charge is 0.143 e. The molecule has 2 aliphatic heterocycles. The van der Waals surface area contributed by atoms with Crippen molar-refractivity contribution in [3.63, 3.8) is 0 Å². The van der Waals surface area contributed by atoms with Crippen LogP contribution in [0.2, 0.25) is 0 Å². The Bertz CT molecular complexity index is 717. The van der Waals surface area contributed by atoms with Crippen LogP contribution in [0, 0.1) is 0 Å². The molecule has 0 aliphatic carbocycles. The highest BCUT2D eigenvalue weighted by molar-refractivity contribution is 8.00. The average Bonchev–Trinajstić information content (AvgIpc) is 2.97. The number of fused-ring (bicyclic) bond motifs is 6. The third-order valence-corrected chi connectivity index (χ3v) is 4.64. The third-order valence-electron chi connectivity index (χ3n) is 2.65. The minimum atomic E-state index is 0.952. The molecule has 3 heterocycles. The van der Waals surface area contributed by atoms with Crippen molar-refractivity contribution in [2.45, 2.75) is 4.90 Å². The lowest BCUT2D eigenvalue weighted by Crippen LogP contribution is -2.10. The summed E-state index contributed by atoms with van der Waals surface area (Å²) in [4.78, 5) is 1.25. The van der Waals surface area contributed by atoms with Gasteiger partial charge in [0.25, 0.3) is 0 Å². The minimum Gasteiger partial charge on any atom is -0.143 e. The van der Waals surface area contributed by atoms with Crippen molar-refractivity contribution in [1.29, 1.82) is 0 Å². The van der Waals surface area contributed by atoms with Gasteiger partial charge in [0.15, 0.2) is 0 Å². The molecular weight excluding hydrogens is 226 g/mol. The SMILES string of the molecule is C1=c2c(c3c(c4ccsc24)=NN=N3)SC1. The van der Waals surface area contributed by atoms with Gasteiger partial charge < -0.3 is 0 Å². The van der Waals surface area contributed by atoms with Gasteiger partial charge in [-0.15, -0.1) is 33.3 Å². The van der Waals surface area contributed by atoms with Gasteiger partial charge >= 0.3 is 0 Å². The molecule has 5 heteroatoms. The highest BCUT2D eigenvalue weighted by Crippen LogP contribution is 2.32. The number of hydrogen-bond acceptors (Lipinski definition) is 5. The van der Waals surface area contributed by atoms with Crippen LogP contribution in [0.25, 0.3) is 16.2 Å². The summed E-state index contributed by atoms with van der Waals surface area (Å²) in [6.45, 7) is 0. The second kappa shape index (κ2) is 2.68. The fourth-order valence-corrected chi connectivity index (χ4v) is 4.06. The summed E-state index contributed by atoms with van der Waals surface area (Å²) < 4.78 is 1.32. The first-order chi connectivity index (χ1) is 7.45. The molecule has 0 unspecified atom stereocenters. The maximum absolute atomic E-state index is 4.12. The van der Waals surface area contributed by atoms with E-state index in [4.69, 9.17) is 0 Å². The molecule has 2 aliphatic rings. The number of hydrogen-bond donors (Lipinski definition) is 0. The monoisotopic (exact) mass is 231 g/mol. The van der Waals surface area contributed by atoms with Crippen molar-refractivity contribution in [3.05, 3.63) is 22.0 Å². The molecule has 0 N–H and O–H groups in total. The zero-order chi connectivity index (χ0) is 9.83. The van der Waals surface area contributed by atoms with Crippen LogP contribution in [0.5, 0.6) is 0 Å². The Morgan fingerprint density at radius 3 is 3.33 bits per heavy atom. The molecule has 0 fully saturated rings. The third kappa shape index (κ3) is 0.897. The predicted molar refractivity (Wildman–Crippen MR) is 62.3 cm³/mol. The molecule has 2 aromatic rings. The number of thioether (sulfide) groups is 1. The lowest BCUT2D eigenvalue weighted by atomic mass is 10.2. The molecule has 0 saturated carbocycles. The minimum absolute atomic E-state index is 0.952. The first-order valence-electron chi connectivity index (χ1n) is 4.60. The lowest BCUT2D eigenvalue weighted by Gasteiger charge is -1.98. The normalized spacial score (nSPS) is 16.3. The van der Waals surface area contributed by atoms with Gasteiger partial charge in [-0.3, -0.25) is 0 Å². The van der Waals surface area contributed by atoms with Crippen LogP contribution >= 0.6 is 23.1 Å². The van der Waals surface area contributed by atoms with E-state index in [-0.39, 0.29) is 0 Å². The quantitative estimate of drug-likeness (QED) is 0.686.